The van der Waals surface area contributed by atoms with Crippen LogP contribution in [0.25, 0.3) is 22.8 Å². The summed E-state index contributed by atoms with van der Waals surface area (Å²) in [6.07, 6.45) is 6.08. The summed E-state index contributed by atoms with van der Waals surface area (Å²) in [6.45, 7) is 4.47. The van der Waals surface area contributed by atoms with Crippen molar-refractivity contribution in [3.63, 3.8) is 0 Å². The second kappa shape index (κ2) is 12.4. The maximum Gasteiger partial charge on any atom is 0.275 e. The number of aromatic amines is 1. The Balaban J connectivity index is 1.19. The lowest BCUT2D eigenvalue weighted by atomic mass is 9.92. The van der Waals surface area contributed by atoms with Gasteiger partial charge in [0.2, 0.25) is 0 Å². The standard InChI is InChI=1S/C31H36FN7O3/c32-22-3-1-21(2-4-22)28-29(39(20-34-28)25-9-11-26(41)12-10-25)30-33-19-27(36-30)31(42)35-23-5-7-24(8-6-23)38-15-13-37(14-16-38)17-18-40/h1-8,19-20,25-26,40-41H,9-18H2,(H,33,36)(H,35,42)/t25-,26-. The third kappa shape index (κ3) is 6.08. The van der Waals surface area contributed by atoms with Crippen LogP contribution in [0, 0.1) is 5.82 Å². The van der Waals surface area contributed by atoms with Gasteiger partial charge in [-0.1, -0.05) is 0 Å². The van der Waals surface area contributed by atoms with Crippen molar-refractivity contribution >= 4 is 17.3 Å². The number of benzene rings is 2. The number of carbonyl (C=O) groups is 1. The summed E-state index contributed by atoms with van der Waals surface area (Å²) in [7, 11) is 0. The maximum absolute atomic E-state index is 13.7. The molecule has 2 aromatic heterocycles. The number of imidazole rings is 2. The van der Waals surface area contributed by atoms with E-state index in [4.69, 9.17) is 5.11 Å². The molecule has 0 radical (unpaired) electrons. The van der Waals surface area contributed by atoms with Crippen LogP contribution >= 0.6 is 0 Å². The molecule has 4 aromatic rings. The number of aliphatic hydroxyl groups excluding tert-OH is 2. The summed E-state index contributed by atoms with van der Waals surface area (Å²) in [6, 6.07) is 14.1. The second-order valence-corrected chi connectivity index (χ2v) is 11.0. The van der Waals surface area contributed by atoms with Gasteiger partial charge in [0.1, 0.15) is 17.2 Å². The molecular weight excluding hydrogens is 537 g/mol. The zero-order chi connectivity index (χ0) is 29.1. The molecule has 1 aliphatic heterocycles. The van der Waals surface area contributed by atoms with Crippen molar-refractivity contribution < 1.29 is 19.4 Å². The Bertz CT molecular complexity index is 1490. The molecule has 2 aromatic carbocycles. The van der Waals surface area contributed by atoms with Crippen LogP contribution in [0.4, 0.5) is 15.8 Å². The summed E-state index contributed by atoms with van der Waals surface area (Å²) in [5.74, 6) is -0.163. The number of halogens is 1. The average molecular weight is 574 g/mol. The summed E-state index contributed by atoms with van der Waals surface area (Å²) < 4.78 is 15.7. The first-order valence-corrected chi connectivity index (χ1v) is 14.5. The van der Waals surface area contributed by atoms with Gasteiger partial charge in [0.05, 0.1) is 24.7 Å². The van der Waals surface area contributed by atoms with Crippen LogP contribution in [0.15, 0.2) is 61.1 Å². The number of hydrogen-bond acceptors (Lipinski definition) is 7. The van der Waals surface area contributed by atoms with E-state index in [0.717, 1.165) is 56.0 Å². The van der Waals surface area contributed by atoms with Crippen molar-refractivity contribution in [1.29, 1.82) is 0 Å². The Morgan fingerprint density at radius 3 is 2.40 bits per heavy atom. The fourth-order valence-electron chi connectivity index (χ4n) is 5.91. The van der Waals surface area contributed by atoms with Crippen LogP contribution in [0.5, 0.6) is 0 Å². The molecule has 3 heterocycles. The molecule has 0 bridgehead atoms. The topological polar surface area (TPSA) is 123 Å². The molecule has 1 amide bonds. The van der Waals surface area contributed by atoms with Crippen molar-refractivity contribution in [3.8, 4) is 22.8 Å². The van der Waals surface area contributed by atoms with E-state index < -0.39 is 0 Å². The molecule has 42 heavy (non-hydrogen) atoms. The molecule has 1 saturated heterocycles. The minimum atomic E-state index is -0.335. The van der Waals surface area contributed by atoms with Crippen molar-refractivity contribution in [2.24, 2.45) is 0 Å². The normalized spacial score (nSPS) is 19.6. The second-order valence-electron chi connectivity index (χ2n) is 11.0. The summed E-state index contributed by atoms with van der Waals surface area (Å²) in [5.41, 5.74) is 4.13. The minimum Gasteiger partial charge on any atom is -0.395 e. The molecule has 220 valence electrons. The number of nitrogens with one attached hydrogen (secondary N) is 2. The number of amides is 1. The van der Waals surface area contributed by atoms with Crippen LogP contribution in [0.2, 0.25) is 0 Å². The number of rotatable bonds is 8. The largest absolute Gasteiger partial charge is 0.395 e. The van der Waals surface area contributed by atoms with Crippen molar-refractivity contribution in [3.05, 3.63) is 72.6 Å². The van der Waals surface area contributed by atoms with Crippen molar-refractivity contribution in [2.45, 2.75) is 37.8 Å². The molecule has 10 nitrogen and oxygen atoms in total. The zero-order valence-electron chi connectivity index (χ0n) is 23.4. The highest BCUT2D eigenvalue weighted by molar-refractivity contribution is 6.03. The third-order valence-corrected chi connectivity index (χ3v) is 8.28. The SMILES string of the molecule is O=C(Nc1ccc(N2CCN(CCO)CC2)cc1)c1c[nH]c(-c2c(-c3ccc(F)cc3)ncn2[C@H]2CC[C@H](O)CC2)n1. The number of anilines is 2. The summed E-state index contributed by atoms with van der Waals surface area (Å²) in [4.78, 5) is 30.2. The fraction of sp³-hybridized carbons (Fsp3) is 0.387. The smallest absolute Gasteiger partial charge is 0.275 e. The molecule has 0 atom stereocenters. The average Bonchev–Trinajstić information content (AvgIpc) is 3.67. The number of nitrogens with zero attached hydrogens (tertiary/aromatic N) is 5. The third-order valence-electron chi connectivity index (χ3n) is 8.28. The Morgan fingerprint density at radius 2 is 1.71 bits per heavy atom. The van der Waals surface area contributed by atoms with Crippen LogP contribution in [-0.2, 0) is 0 Å². The van der Waals surface area contributed by atoms with E-state index in [-0.39, 0.29) is 36.2 Å². The maximum atomic E-state index is 13.7. The lowest BCUT2D eigenvalue weighted by Gasteiger charge is -2.35. The van der Waals surface area contributed by atoms with Gasteiger partial charge >= 0.3 is 0 Å². The van der Waals surface area contributed by atoms with Gasteiger partial charge in [0, 0.05) is 61.9 Å². The predicted octanol–water partition coefficient (Wildman–Crippen LogP) is 3.92. The molecule has 4 N–H and O–H groups in total. The van der Waals surface area contributed by atoms with Gasteiger partial charge < -0.3 is 30.0 Å². The first-order chi connectivity index (χ1) is 20.5. The lowest BCUT2D eigenvalue weighted by molar-refractivity contribution is 0.102. The summed E-state index contributed by atoms with van der Waals surface area (Å²) in [5, 5.41) is 22.1. The van der Waals surface area contributed by atoms with Crippen LogP contribution in [0.3, 0.4) is 0 Å². The van der Waals surface area contributed by atoms with E-state index in [1.807, 2.05) is 24.3 Å². The van der Waals surface area contributed by atoms with Gasteiger partial charge in [-0.2, -0.15) is 0 Å². The zero-order valence-corrected chi connectivity index (χ0v) is 23.4. The van der Waals surface area contributed by atoms with E-state index in [1.54, 1.807) is 24.7 Å². The van der Waals surface area contributed by atoms with Crippen LogP contribution in [0.1, 0.15) is 42.2 Å². The Morgan fingerprint density at radius 1 is 1.00 bits per heavy atom. The minimum absolute atomic E-state index is 0.128. The highest BCUT2D eigenvalue weighted by Gasteiger charge is 2.27. The number of aromatic nitrogens is 4. The molecule has 6 rings (SSSR count). The monoisotopic (exact) mass is 573 g/mol. The van der Waals surface area contributed by atoms with E-state index in [0.29, 0.717) is 36.6 Å². The van der Waals surface area contributed by atoms with Gasteiger partial charge in [0.15, 0.2) is 5.82 Å². The Hall–Kier alpha value is -4.06. The molecule has 1 aliphatic carbocycles. The molecular formula is C31H36FN7O3. The van der Waals surface area contributed by atoms with Crippen molar-refractivity contribution in [1.82, 2.24) is 24.4 Å². The van der Waals surface area contributed by atoms with E-state index >= 15 is 0 Å². The number of H-pyrrole nitrogens is 1. The Kier molecular flexibility index (Phi) is 8.31. The van der Waals surface area contributed by atoms with E-state index in [2.05, 4.69) is 34.6 Å². The highest BCUT2D eigenvalue weighted by atomic mass is 19.1. The highest BCUT2D eigenvalue weighted by Crippen LogP contribution is 2.37. The molecule has 0 spiro atoms. The number of piperazine rings is 1. The number of hydrogen-bond donors (Lipinski definition) is 4. The fourth-order valence-corrected chi connectivity index (χ4v) is 5.91. The van der Waals surface area contributed by atoms with Gasteiger partial charge in [-0.15, -0.1) is 0 Å². The number of carbonyl (C=O) groups excluding carboxylic acids is 1. The van der Waals surface area contributed by atoms with E-state index in [1.165, 1.54) is 12.1 Å². The van der Waals surface area contributed by atoms with Crippen LogP contribution < -0.4 is 10.2 Å². The van der Waals surface area contributed by atoms with Gasteiger partial charge in [-0.25, -0.2) is 14.4 Å². The quantitative estimate of drug-likeness (QED) is 0.252. The molecule has 1 saturated carbocycles. The van der Waals surface area contributed by atoms with Crippen molar-refractivity contribution in [2.75, 3.05) is 49.5 Å². The molecule has 2 fully saturated rings. The van der Waals surface area contributed by atoms with Gasteiger partial charge in [-0.05, 0) is 74.2 Å². The number of β-amino-alcohol motifs (C(OH)–C–C–N with tert-alkyl or cyclic N) is 1. The molecule has 0 unspecified atom stereocenters. The lowest BCUT2D eigenvalue weighted by Crippen LogP contribution is -2.47. The van der Waals surface area contributed by atoms with Gasteiger partial charge in [0.25, 0.3) is 5.91 Å². The first kappa shape index (κ1) is 28.1. The van der Waals surface area contributed by atoms with Crippen LogP contribution in [-0.4, -0.2) is 86.0 Å². The molecule has 11 heteroatoms. The first-order valence-electron chi connectivity index (χ1n) is 14.5. The Labute approximate surface area is 243 Å². The van der Waals surface area contributed by atoms with E-state index in [9.17, 15) is 14.3 Å². The van der Waals surface area contributed by atoms with Gasteiger partial charge in [-0.3, -0.25) is 9.69 Å². The predicted molar refractivity (Wildman–Crippen MR) is 159 cm³/mol. The molecule has 2 aliphatic rings. The number of aliphatic hydroxyl groups is 2. The summed E-state index contributed by atoms with van der Waals surface area (Å²) >= 11 is 0.